The molecular formula is C16H21NO2. The van der Waals surface area contributed by atoms with Crippen molar-refractivity contribution >= 4 is 5.91 Å². The summed E-state index contributed by atoms with van der Waals surface area (Å²) in [6, 6.07) is 8.28. The Labute approximate surface area is 115 Å². The van der Waals surface area contributed by atoms with Gasteiger partial charge in [-0.2, -0.15) is 0 Å². The third-order valence-electron chi connectivity index (χ3n) is 2.89. The third kappa shape index (κ3) is 4.62. The van der Waals surface area contributed by atoms with Gasteiger partial charge in [-0.15, -0.1) is 0 Å². The molecule has 0 aliphatic carbocycles. The molecule has 102 valence electrons. The van der Waals surface area contributed by atoms with Crippen LogP contribution < -0.4 is 5.32 Å². The molecule has 0 aliphatic heterocycles. The van der Waals surface area contributed by atoms with Crippen LogP contribution in [-0.4, -0.2) is 19.6 Å². The normalized spacial score (nSPS) is 11.5. The zero-order valence-corrected chi connectivity index (χ0v) is 11.8. The second-order valence-electron chi connectivity index (χ2n) is 4.41. The van der Waals surface area contributed by atoms with Gasteiger partial charge in [-0.25, -0.2) is 0 Å². The Balaban J connectivity index is 2.51. The van der Waals surface area contributed by atoms with E-state index in [0.29, 0.717) is 12.3 Å². The molecule has 3 heteroatoms. The summed E-state index contributed by atoms with van der Waals surface area (Å²) in [5.74, 6) is 0.117. The smallest absolute Gasteiger partial charge is 0.286 e. The van der Waals surface area contributed by atoms with Crippen LogP contribution in [-0.2, 0) is 16.0 Å². The van der Waals surface area contributed by atoms with Crippen LogP contribution in [0, 0.1) is 6.92 Å². The Morgan fingerprint density at radius 2 is 2.00 bits per heavy atom. The number of carbonyl (C=O) groups is 1. The highest BCUT2D eigenvalue weighted by atomic mass is 16.5. The summed E-state index contributed by atoms with van der Waals surface area (Å²) in [5, 5.41) is 2.84. The van der Waals surface area contributed by atoms with Gasteiger partial charge in [0.15, 0.2) is 5.76 Å². The van der Waals surface area contributed by atoms with Gasteiger partial charge in [0.05, 0.1) is 7.11 Å². The van der Waals surface area contributed by atoms with Crippen molar-refractivity contribution < 1.29 is 9.53 Å². The highest BCUT2D eigenvalue weighted by molar-refractivity contribution is 5.92. The van der Waals surface area contributed by atoms with Gasteiger partial charge in [-0.1, -0.05) is 42.5 Å². The molecule has 1 N–H and O–H groups in total. The Kier molecular flexibility index (Phi) is 5.86. The summed E-state index contributed by atoms with van der Waals surface area (Å²) in [4.78, 5) is 11.9. The van der Waals surface area contributed by atoms with Crippen LogP contribution in [0.25, 0.3) is 0 Å². The summed E-state index contributed by atoms with van der Waals surface area (Å²) in [5.41, 5.74) is 3.17. The molecule has 0 spiro atoms. The maximum atomic E-state index is 11.9. The molecule has 0 heterocycles. The minimum absolute atomic E-state index is 0.202. The third-order valence-corrected chi connectivity index (χ3v) is 2.89. The van der Waals surface area contributed by atoms with Gasteiger partial charge in [0, 0.05) is 6.54 Å². The zero-order valence-electron chi connectivity index (χ0n) is 11.8. The molecule has 0 unspecified atom stereocenters. The van der Waals surface area contributed by atoms with Gasteiger partial charge < -0.3 is 10.1 Å². The van der Waals surface area contributed by atoms with Crippen molar-refractivity contribution in [3.8, 4) is 0 Å². The number of methoxy groups -OCH3 is 1. The Bertz CT molecular complexity index is 472. The highest BCUT2D eigenvalue weighted by Gasteiger charge is 2.11. The van der Waals surface area contributed by atoms with E-state index in [0.717, 1.165) is 12.0 Å². The van der Waals surface area contributed by atoms with Crippen molar-refractivity contribution in [3.63, 3.8) is 0 Å². The van der Waals surface area contributed by atoms with Crippen molar-refractivity contribution in [1.29, 1.82) is 0 Å². The van der Waals surface area contributed by atoms with Crippen molar-refractivity contribution in [1.82, 2.24) is 5.32 Å². The standard InChI is InChI=1S/C16H21NO2/c1-5-13(3)15(19-4)16(18)17-11-10-14-8-6-12(2)7-9-14/h5-9H,1,10-11H2,2-4H3,(H,17,18)/b15-13-. The van der Waals surface area contributed by atoms with Crippen LogP contribution in [0.5, 0.6) is 0 Å². The minimum Gasteiger partial charge on any atom is -0.491 e. The summed E-state index contributed by atoms with van der Waals surface area (Å²) in [6.45, 7) is 8.06. The first-order chi connectivity index (χ1) is 9.08. The summed E-state index contributed by atoms with van der Waals surface area (Å²) in [6.07, 6.45) is 2.41. The summed E-state index contributed by atoms with van der Waals surface area (Å²) in [7, 11) is 1.49. The molecule has 1 aromatic carbocycles. The number of rotatable bonds is 6. The van der Waals surface area contributed by atoms with Crippen molar-refractivity contribution in [2.75, 3.05) is 13.7 Å². The lowest BCUT2D eigenvalue weighted by atomic mass is 10.1. The molecule has 0 aromatic heterocycles. The second-order valence-corrected chi connectivity index (χ2v) is 4.41. The highest BCUT2D eigenvalue weighted by Crippen LogP contribution is 2.06. The number of hydrogen-bond acceptors (Lipinski definition) is 2. The van der Waals surface area contributed by atoms with E-state index in [2.05, 4.69) is 43.1 Å². The first-order valence-electron chi connectivity index (χ1n) is 6.29. The molecule has 0 radical (unpaired) electrons. The Morgan fingerprint density at radius 1 is 1.37 bits per heavy atom. The molecule has 1 rings (SSSR count). The number of carbonyl (C=O) groups excluding carboxylic acids is 1. The lowest BCUT2D eigenvalue weighted by Crippen LogP contribution is -2.28. The average molecular weight is 259 g/mol. The van der Waals surface area contributed by atoms with E-state index in [1.165, 1.54) is 18.2 Å². The molecule has 19 heavy (non-hydrogen) atoms. The lowest BCUT2D eigenvalue weighted by Gasteiger charge is -2.09. The molecule has 0 aliphatic rings. The van der Waals surface area contributed by atoms with Crippen LogP contribution in [0.1, 0.15) is 18.1 Å². The fraction of sp³-hybridized carbons (Fsp3) is 0.312. The molecule has 0 fully saturated rings. The molecule has 0 saturated carbocycles. The van der Waals surface area contributed by atoms with Crippen LogP contribution in [0.15, 0.2) is 48.3 Å². The minimum atomic E-state index is -0.202. The number of benzene rings is 1. The van der Waals surface area contributed by atoms with E-state index in [-0.39, 0.29) is 5.91 Å². The lowest BCUT2D eigenvalue weighted by molar-refractivity contribution is -0.120. The van der Waals surface area contributed by atoms with Crippen LogP contribution in [0.3, 0.4) is 0 Å². The van der Waals surface area contributed by atoms with Gasteiger partial charge in [0.25, 0.3) is 5.91 Å². The monoisotopic (exact) mass is 259 g/mol. The van der Waals surface area contributed by atoms with Gasteiger partial charge >= 0.3 is 0 Å². The maximum Gasteiger partial charge on any atom is 0.286 e. The Morgan fingerprint density at radius 3 is 2.53 bits per heavy atom. The number of amides is 1. The van der Waals surface area contributed by atoms with Crippen LogP contribution in [0.4, 0.5) is 0 Å². The van der Waals surface area contributed by atoms with Gasteiger partial charge in [0.1, 0.15) is 0 Å². The fourth-order valence-electron chi connectivity index (χ4n) is 1.68. The van der Waals surface area contributed by atoms with E-state index < -0.39 is 0 Å². The summed E-state index contributed by atoms with van der Waals surface area (Å²) < 4.78 is 5.08. The zero-order chi connectivity index (χ0) is 14.3. The van der Waals surface area contributed by atoms with E-state index in [1.807, 2.05) is 0 Å². The largest absolute Gasteiger partial charge is 0.491 e. The van der Waals surface area contributed by atoms with Crippen molar-refractivity contribution in [2.24, 2.45) is 0 Å². The molecule has 1 aromatic rings. The second kappa shape index (κ2) is 7.41. The topological polar surface area (TPSA) is 38.3 Å². The number of allylic oxidation sites excluding steroid dienone is 2. The van der Waals surface area contributed by atoms with E-state index in [4.69, 9.17) is 4.74 Å². The number of ether oxygens (including phenoxy) is 1. The Hall–Kier alpha value is -2.03. The molecule has 0 saturated heterocycles. The number of nitrogens with one attached hydrogen (secondary N) is 1. The molecule has 0 bridgehead atoms. The SMILES string of the molecule is C=C/C(C)=C(\OC)C(=O)NCCc1ccc(C)cc1. The summed E-state index contributed by atoms with van der Waals surface area (Å²) >= 11 is 0. The van der Waals surface area contributed by atoms with E-state index >= 15 is 0 Å². The first kappa shape index (κ1) is 15.0. The molecule has 0 atom stereocenters. The fourth-order valence-corrected chi connectivity index (χ4v) is 1.68. The maximum absolute atomic E-state index is 11.9. The molecule has 1 amide bonds. The van der Waals surface area contributed by atoms with Gasteiger partial charge in [-0.3, -0.25) is 4.79 Å². The van der Waals surface area contributed by atoms with Crippen molar-refractivity contribution in [2.45, 2.75) is 20.3 Å². The number of aryl methyl sites for hydroxylation is 1. The predicted octanol–water partition coefficient (Wildman–Crippen LogP) is 2.76. The average Bonchev–Trinajstić information content (AvgIpc) is 2.41. The van der Waals surface area contributed by atoms with E-state index in [9.17, 15) is 4.79 Å². The quantitative estimate of drug-likeness (QED) is 0.484. The van der Waals surface area contributed by atoms with Gasteiger partial charge in [0.2, 0.25) is 0 Å². The van der Waals surface area contributed by atoms with Crippen LogP contribution in [0.2, 0.25) is 0 Å². The van der Waals surface area contributed by atoms with Crippen LogP contribution >= 0.6 is 0 Å². The first-order valence-corrected chi connectivity index (χ1v) is 6.29. The predicted molar refractivity (Wildman–Crippen MR) is 77.8 cm³/mol. The van der Waals surface area contributed by atoms with Crippen molar-refractivity contribution in [3.05, 3.63) is 59.4 Å². The number of hydrogen-bond donors (Lipinski definition) is 1. The molecule has 3 nitrogen and oxygen atoms in total. The van der Waals surface area contributed by atoms with E-state index in [1.54, 1.807) is 13.0 Å². The van der Waals surface area contributed by atoms with Gasteiger partial charge in [-0.05, 0) is 31.4 Å². The molecular weight excluding hydrogens is 238 g/mol.